The lowest BCUT2D eigenvalue weighted by Gasteiger charge is -2.21. The van der Waals surface area contributed by atoms with E-state index < -0.39 is 0 Å². The van der Waals surface area contributed by atoms with E-state index >= 15 is 0 Å². The maximum absolute atomic E-state index is 9.60. The number of phenols is 1. The second-order valence-corrected chi connectivity index (χ2v) is 5.60. The lowest BCUT2D eigenvalue weighted by atomic mass is 9.85. The Morgan fingerprint density at radius 2 is 1.90 bits per heavy atom. The molecular weight excluding hydrogens is 260 g/mol. The van der Waals surface area contributed by atoms with Crippen LogP contribution in [0, 0.1) is 5.92 Å². The SMILES string of the molecule is CCC(C)C(c1ccccc1)c1nc2ccc(O)cc2[nH]1. The molecule has 2 aromatic carbocycles. The Labute approximate surface area is 124 Å². The average Bonchev–Trinajstić information content (AvgIpc) is 2.90. The van der Waals surface area contributed by atoms with Crippen molar-refractivity contribution in [3.63, 3.8) is 0 Å². The first-order valence-corrected chi connectivity index (χ1v) is 7.42. The standard InChI is InChI=1S/C18H20N2O/c1-3-12(2)17(13-7-5-4-6-8-13)18-19-15-10-9-14(21)11-16(15)20-18/h4-12,17,21H,3H2,1-2H3,(H,19,20). The van der Waals surface area contributed by atoms with Crippen LogP contribution in [0.5, 0.6) is 5.75 Å². The van der Waals surface area contributed by atoms with Crippen molar-refractivity contribution in [2.75, 3.05) is 0 Å². The van der Waals surface area contributed by atoms with E-state index in [2.05, 4.69) is 43.1 Å². The summed E-state index contributed by atoms with van der Waals surface area (Å²) in [6.45, 7) is 4.46. The van der Waals surface area contributed by atoms with E-state index in [1.807, 2.05) is 12.1 Å². The van der Waals surface area contributed by atoms with E-state index in [-0.39, 0.29) is 11.7 Å². The number of rotatable bonds is 4. The maximum Gasteiger partial charge on any atom is 0.117 e. The molecule has 21 heavy (non-hydrogen) atoms. The van der Waals surface area contributed by atoms with Crippen LogP contribution in [0.3, 0.4) is 0 Å². The van der Waals surface area contributed by atoms with Gasteiger partial charge in [-0.05, 0) is 23.6 Å². The number of benzene rings is 2. The molecule has 108 valence electrons. The first-order chi connectivity index (χ1) is 10.2. The van der Waals surface area contributed by atoms with Crippen LogP contribution in [0.2, 0.25) is 0 Å². The van der Waals surface area contributed by atoms with Gasteiger partial charge in [0.05, 0.1) is 11.0 Å². The second kappa shape index (κ2) is 5.60. The topological polar surface area (TPSA) is 48.9 Å². The van der Waals surface area contributed by atoms with E-state index in [4.69, 9.17) is 4.98 Å². The van der Waals surface area contributed by atoms with Crippen LogP contribution in [0.1, 0.15) is 37.6 Å². The lowest BCUT2D eigenvalue weighted by Crippen LogP contribution is -2.12. The molecule has 0 saturated heterocycles. The third-order valence-corrected chi connectivity index (χ3v) is 4.15. The number of imidazole rings is 1. The third kappa shape index (κ3) is 2.64. The molecule has 0 bridgehead atoms. The van der Waals surface area contributed by atoms with Crippen molar-refractivity contribution in [3.8, 4) is 5.75 Å². The largest absolute Gasteiger partial charge is 0.508 e. The van der Waals surface area contributed by atoms with Gasteiger partial charge in [-0.3, -0.25) is 0 Å². The summed E-state index contributed by atoms with van der Waals surface area (Å²) in [6.07, 6.45) is 1.09. The molecule has 3 aromatic rings. The Kier molecular flexibility index (Phi) is 3.65. The number of hydrogen-bond acceptors (Lipinski definition) is 2. The van der Waals surface area contributed by atoms with Crippen molar-refractivity contribution in [2.24, 2.45) is 5.92 Å². The average molecular weight is 280 g/mol. The Balaban J connectivity index is 2.10. The molecule has 2 atom stereocenters. The monoisotopic (exact) mass is 280 g/mol. The Bertz CT molecular complexity index is 733. The molecule has 0 radical (unpaired) electrons. The van der Waals surface area contributed by atoms with E-state index in [0.717, 1.165) is 23.3 Å². The molecular formula is C18H20N2O. The van der Waals surface area contributed by atoms with Crippen LogP contribution >= 0.6 is 0 Å². The van der Waals surface area contributed by atoms with Gasteiger partial charge < -0.3 is 10.1 Å². The smallest absolute Gasteiger partial charge is 0.117 e. The number of hydrogen-bond donors (Lipinski definition) is 2. The Morgan fingerprint density at radius 3 is 2.62 bits per heavy atom. The van der Waals surface area contributed by atoms with E-state index in [1.54, 1.807) is 12.1 Å². The van der Waals surface area contributed by atoms with Crippen LogP contribution in [0.15, 0.2) is 48.5 Å². The highest BCUT2D eigenvalue weighted by atomic mass is 16.3. The van der Waals surface area contributed by atoms with Crippen molar-refractivity contribution >= 4 is 11.0 Å². The van der Waals surface area contributed by atoms with Crippen LogP contribution in [0.4, 0.5) is 0 Å². The number of nitrogens with one attached hydrogen (secondary N) is 1. The Hall–Kier alpha value is -2.29. The molecule has 1 aromatic heterocycles. The quantitative estimate of drug-likeness (QED) is 0.742. The molecule has 0 fully saturated rings. The minimum absolute atomic E-state index is 0.241. The molecule has 0 saturated carbocycles. The van der Waals surface area contributed by atoms with Gasteiger partial charge in [0.25, 0.3) is 0 Å². The summed E-state index contributed by atoms with van der Waals surface area (Å²) in [7, 11) is 0. The lowest BCUT2D eigenvalue weighted by molar-refractivity contribution is 0.476. The highest BCUT2D eigenvalue weighted by molar-refractivity contribution is 5.76. The fraction of sp³-hybridized carbons (Fsp3) is 0.278. The second-order valence-electron chi connectivity index (χ2n) is 5.60. The summed E-state index contributed by atoms with van der Waals surface area (Å²) in [5.41, 5.74) is 3.05. The molecule has 0 aliphatic rings. The normalized spacial score (nSPS) is 14.2. The van der Waals surface area contributed by atoms with Crippen LogP contribution in [-0.2, 0) is 0 Å². The van der Waals surface area contributed by atoms with Gasteiger partial charge in [-0.1, -0.05) is 50.6 Å². The summed E-state index contributed by atoms with van der Waals surface area (Å²) in [5.74, 6) is 1.96. The van der Waals surface area contributed by atoms with Crippen LogP contribution in [0.25, 0.3) is 11.0 Å². The Morgan fingerprint density at radius 1 is 1.14 bits per heavy atom. The number of aromatic hydroxyl groups is 1. The van der Waals surface area contributed by atoms with Gasteiger partial charge in [0.15, 0.2) is 0 Å². The number of fused-ring (bicyclic) bond motifs is 1. The number of H-pyrrole nitrogens is 1. The number of aromatic nitrogens is 2. The fourth-order valence-corrected chi connectivity index (χ4v) is 2.82. The number of phenolic OH excluding ortho intramolecular Hbond substituents is 1. The maximum atomic E-state index is 9.60. The molecule has 2 unspecified atom stereocenters. The molecule has 0 amide bonds. The van der Waals surface area contributed by atoms with Crippen molar-refractivity contribution in [1.82, 2.24) is 9.97 Å². The van der Waals surface area contributed by atoms with Crippen LogP contribution in [-0.4, -0.2) is 15.1 Å². The first-order valence-electron chi connectivity index (χ1n) is 7.42. The molecule has 2 N–H and O–H groups in total. The van der Waals surface area contributed by atoms with E-state index in [9.17, 15) is 5.11 Å². The summed E-state index contributed by atoms with van der Waals surface area (Å²) in [6, 6.07) is 15.7. The third-order valence-electron chi connectivity index (χ3n) is 4.15. The van der Waals surface area contributed by atoms with Gasteiger partial charge >= 0.3 is 0 Å². The predicted octanol–water partition coefficient (Wildman–Crippen LogP) is 4.45. The highest BCUT2D eigenvalue weighted by Crippen LogP contribution is 2.33. The number of aromatic amines is 1. The fourth-order valence-electron chi connectivity index (χ4n) is 2.82. The zero-order chi connectivity index (χ0) is 14.8. The molecule has 0 aliphatic heterocycles. The molecule has 3 rings (SSSR count). The van der Waals surface area contributed by atoms with Crippen molar-refractivity contribution in [1.29, 1.82) is 0 Å². The zero-order valence-corrected chi connectivity index (χ0v) is 12.4. The van der Waals surface area contributed by atoms with Crippen molar-refractivity contribution in [3.05, 3.63) is 59.9 Å². The van der Waals surface area contributed by atoms with Gasteiger partial charge in [-0.15, -0.1) is 0 Å². The van der Waals surface area contributed by atoms with Gasteiger partial charge in [0.1, 0.15) is 11.6 Å². The van der Waals surface area contributed by atoms with Crippen molar-refractivity contribution in [2.45, 2.75) is 26.2 Å². The summed E-state index contributed by atoms with van der Waals surface area (Å²) in [4.78, 5) is 8.11. The zero-order valence-electron chi connectivity index (χ0n) is 12.4. The summed E-state index contributed by atoms with van der Waals surface area (Å²) < 4.78 is 0. The van der Waals surface area contributed by atoms with Gasteiger partial charge in [0.2, 0.25) is 0 Å². The number of nitrogens with zero attached hydrogens (tertiary/aromatic N) is 1. The molecule has 3 nitrogen and oxygen atoms in total. The van der Waals surface area contributed by atoms with E-state index in [1.165, 1.54) is 5.56 Å². The van der Waals surface area contributed by atoms with Crippen LogP contribution < -0.4 is 0 Å². The highest BCUT2D eigenvalue weighted by Gasteiger charge is 2.23. The van der Waals surface area contributed by atoms with E-state index in [0.29, 0.717) is 5.92 Å². The summed E-state index contributed by atoms with van der Waals surface area (Å²) in [5, 5.41) is 9.60. The molecule has 1 heterocycles. The molecule has 3 heteroatoms. The molecule has 0 spiro atoms. The van der Waals surface area contributed by atoms with Gasteiger partial charge in [0, 0.05) is 12.0 Å². The molecule has 0 aliphatic carbocycles. The van der Waals surface area contributed by atoms with Gasteiger partial charge in [-0.25, -0.2) is 4.98 Å². The minimum atomic E-state index is 0.241. The van der Waals surface area contributed by atoms with Gasteiger partial charge in [-0.2, -0.15) is 0 Å². The minimum Gasteiger partial charge on any atom is -0.508 e. The summed E-state index contributed by atoms with van der Waals surface area (Å²) >= 11 is 0. The predicted molar refractivity (Wildman–Crippen MR) is 85.5 cm³/mol. The first kappa shape index (κ1) is 13.7. The van der Waals surface area contributed by atoms with Crippen molar-refractivity contribution < 1.29 is 5.11 Å².